The Kier molecular flexibility index (Phi) is 4.64. The van der Waals surface area contributed by atoms with Gasteiger partial charge in [0.25, 0.3) is 0 Å². The first-order chi connectivity index (χ1) is 14.2. The van der Waals surface area contributed by atoms with Crippen LogP contribution in [0.15, 0.2) is 84.2 Å². The van der Waals surface area contributed by atoms with Gasteiger partial charge in [0.05, 0.1) is 5.76 Å². The van der Waals surface area contributed by atoms with Crippen molar-refractivity contribution in [1.29, 1.82) is 0 Å². The van der Waals surface area contributed by atoms with Gasteiger partial charge in [0, 0.05) is 43.1 Å². The Labute approximate surface area is 169 Å². The molecule has 0 bridgehead atoms. The first-order valence-electron chi connectivity index (χ1n) is 10.0. The van der Waals surface area contributed by atoms with Gasteiger partial charge in [0.2, 0.25) is 0 Å². The molecule has 3 aliphatic rings. The van der Waals surface area contributed by atoms with Crippen LogP contribution in [0.5, 0.6) is 0 Å². The van der Waals surface area contributed by atoms with Crippen LogP contribution in [0.1, 0.15) is 27.9 Å². The summed E-state index contributed by atoms with van der Waals surface area (Å²) in [6, 6.07) is 13.5. The average Bonchev–Trinajstić information content (AvgIpc) is 3.12. The van der Waals surface area contributed by atoms with Crippen LogP contribution in [0.2, 0.25) is 0 Å². The lowest BCUT2D eigenvalue weighted by Crippen LogP contribution is -2.32. The predicted molar refractivity (Wildman–Crippen MR) is 110 cm³/mol. The second-order valence-corrected chi connectivity index (χ2v) is 7.82. The molecule has 0 N–H and O–H groups in total. The number of nitrogens with zero attached hydrogens (tertiary/aromatic N) is 1. The molecule has 3 nitrogen and oxygen atoms in total. The van der Waals surface area contributed by atoms with Gasteiger partial charge in [-0.05, 0) is 47.5 Å². The van der Waals surface area contributed by atoms with Crippen molar-refractivity contribution in [2.45, 2.75) is 19.1 Å². The monoisotopic (exact) mass is 387 g/mol. The lowest BCUT2D eigenvalue weighted by Gasteiger charge is -2.28. The van der Waals surface area contributed by atoms with Crippen LogP contribution in [0.4, 0.5) is 4.39 Å². The van der Waals surface area contributed by atoms with E-state index in [4.69, 9.17) is 4.74 Å². The molecule has 0 amide bonds. The summed E-state index contributed by atoms with van der Waals surface area (Å²) in [6.45, 7) is 2.63. The topological polar surface area (TPSA) is 29.5 Å². The molecule has 1 aliphatic carbocycles. The molecular formula is C25H22FNO2. The van der Waals surface area contributed by atoms with E-state index in [-0.39, 0.29) is 17.7 Å². The highest BCUT2D eigenvalue weighted by molar-refractivity contribution is 6.09. The molecule has 2 aromatic carbocycles. The summed E-state index contributed by atoms with van der Waals surface area (Å²) in [5.74, 6) is 1.09. The molecule has 0 saturated heterocycles. The molecule has 4 heteroatoms. The number of fused-ring (bicyclic) bond motifs is 2. The van der Waals surface area contributed by atoms with Crippen molar-refractivity contribution >= 4 is 5.78 Å². The summed E-state index contributed by atoms with van der Waals surface area (Å²) in [5.41, 5.74) is 3.63. The lowest BCUT2D eigenvalue weighted by molar-refractivity contribution is 0.103. The van der Waals surface area contributed by atoms with Crippen molar-refractivity contribution in [2.24, 2.45) is 5.92 Å². The summed E-state index contributed by atoms with van der Waals surface area (Å²) >= 11 is 0. The fourth-order valence-electron chi connectivity index (χ4n) is 4.40. The van der Waals surface area contributed by atoms with Crippen molar-refractivity contribution in [2.75, 3.05) is 13.1 Å². The van der Waals surface area contributed by atoms with Gasteiger partial charge in [-0.25, -0.2) is 4.39 Å². The predicted octanol–water partition coefficient (Wildman–Crippen LogP) is 4.66. The van der Waals surface area contributed by atoms with Gasteiger partial charge in [-0.3, -0.25) is 9.69 Å². The number of benzene rings is 2. The molecule has 0 radical (unpaired) electrons. The highest BCUT2D eigenvalue weighted by Crippen LogP contribution is 2.39. The molecule has 0 fully saturated rings. The van der Waals surface area contributed by atoms with E-state index >= 15 is 0 Å². The summed E-state index contributed by atoms with van der Waals surface area (Å²) in [4.78, 5) is 15.1. The van der Waals surface area contributed by atoms with E-state index in [9.17, 15) is 9.18 Å². The third-order valence-corrected chi connectivity index (χ3v) is 5.87. The molecule has 0 aromatic heterocycles. The summed E-state index contributed by atoms with van der Waals surface area (Å²) in [7, 11) is 0. The minimum Gasteiger partial charge on any atom is -0.490 e. The number of hydrogen-bond acceptors (Lipinski definition) is 3. The minimum atomic E-state index is -0.337. The second-order valence-electron chi connectivity index (χ2n) is 7.82. The van der Waals surface area contributed by atoms with Gasteiger partial charge in [-0.15, -0.1) is 0 Å². The maximum atomic E-state index is 13.1. The van der Waals surface area contributed by atoms with E-state index in [0.717, 1.165) is 37.4 Å². The SMILES string of the molecule is O=C(c1ccc(F)cc1)c1cccc(CN2CCC3=C(C2)C2C=CC=CC2O3)c1. The van der Waals surface area contributed by atoms with Gasteiger partial charge in [-0.2, -0.15) is 0 Å². The normalized spacial score (nSPS) is 22.9. The number of allylic oxidation sites excluding steroid dienone is 2. The van der Waals surface area contributed by atoms with Crippen LogP contribution in [-0.4, -0.2) is 29.9 Å². The quantitative estimate of drug-likeness (QED) is 0.715. The summed E-state index contributed by atoms with van der Waals surface area (Å²) in [5, 5.41) is 0. The van der Waals surface area contributed by atoms with E-state index in [1.165, 1.54) is 29.8 Å². The number of rotatable bonds is 4. The number of hydrogen-bond donors (Lipinski definition) is 0. The van der Waals surface area contributed by atoms with Crippen molar-refractivity contribution in [3.63, 3.8) is 0 Å². The van der Waals surface area contributed by atoms with Gasteiger partial charge < -0.3 is 4.74 Å². The van der Waals surface area contributed by atoms with E-state index in [1.54, 1.807) is 0 Å². The number of ether oxygens (including phenoxy) is 1. The van der Waals surface area contributed by atoms with Crippen molar-refractivity contribution < 1.29 is 13.9 Å². The Morgan fingerprint density at radius 1 is 1.07 bits per heavy atom. The molecule has 0 spiro atoms. The number of ketones is 1. The number of carbonyl (C=O) groups excluding carboxylic acids is 1. The molecule has 5 rings (SSSR count). The fraction of sp³-hybridized carbons (Fsp3) is 0.240. The third kappa shape index (κ3) is 3.56. The van der Waals surface area contributed by atoms with Crippen LogP contribution in [0.25, 0.3) is 0 Å². The first kappa shape index (κ1) is 18.1. The number of carbonyl (C=O) groups is 1. The molecule has 29 heavy (non-hydrogen) atoms. The zero-order valence-corrected chi connectivity index (χ0v) is 16.1. The van der Waals surface area contributed by atoms with Crippen LogP contribution in [-0.2, 0) is 11.3 Å². The standard InChI is InChI=1S/C25H22FNO2/c26-20-10-8-18(9-11-20)25(28)19-5-3-4-17(14-19)15-27-13-12-24-22(16-27)21-6-1-2-7-23(21)29-24/h1-11,14,21,23H,12-13,15-16H2. The smallest absolute Gasteiger partial charge is 0.193 e. The minimum absolute atomic E-state index is 0.0818. The second kappa shape index (κ2) is 7.45. The fourth-order valence-corrected chi connectivity index (χ4v) is 4.40. The van der Waals surface area contributed by atoms with Crippen LogP contribution < -0.4 is 0 Å². The van der Waals surface area contributed by atoms with Gasteiger partial charge in [0.1, 0.15) is 11.9 Å². The van der Waals surface area contributed by atoms with E-state index in [0.29, 0.717) is 17.0 Å². The van der Waals surface area contributed by atoms with Gasteiger partial charge >= 0.3 is 0 Å². The Bertz CT molecular complexity index is 1040. The van der Waals surface area contributed by atoms with E-state index < -0.39 is 0 Å². The van der Waals surface area contributed by atoms with E-state index in [2.05, 4.69) is 35.3 Å². The van der Waals surface area contributed by atoms with E-state index in [1.807, 2.05) is 18.2 Å². The maximum absolute atomic E-state index is 13.1. The highest BCUT2D eigenvalue weighted by Gasteiger charge is 2.37. The van der Waals surface area contributed by atoms with Crippen molar-refractivity contribution in [1.82, 2.24) is 4.90 Å². The van der Waals surface area contributed by atoms with Gasteiger partial charge in [-0.1, -0.05) is 36.4 Å². The molecule has 2 aliphatic heterocycles. The van der Waals surface area contributed by atoms with Crippen LogP contribution in [0, 0.1) is 11.7 Å². The molecule has 2 heterocycles. The number of halogens is 1. The highest BCUT2D eigenvalue weighted by atomic mass is 19.1. The van der Waals surface area contributed by atoms with Gasteiger partial charge in [0.15, 0.2) is 5.78 Å². The summed E-state index contributed by atoms with van der Waals surface area (Å²) < 4.78 is 19.3. The Balaban J connectivity index is 1.30. The zero-order chi connectivity index (χ0) is 19.8. The Morgan fingerprint density at radius 3 is 2.76 bits per heavy atom. The van der Waals surface area contributed by atoms with Crippen LogP contribution >= 0.6 is 0 Å². The molecular weight excluding hydrogens is 365 g/mol. The molecule has 0 saturated carbocycles. The van der Waals surface area contributed by atoms with Crippen molar-refractivity contribution in [3.8, 4) is 0 Å². The Hall–Kier alpha value is -2.98. The largest absolute Gasteiger partial charge is 0.490 e. The molecule has 2 atom stereocenters. The molecule has 2 unspecified atom stereocenters. The third-order valence-electron chi connectivity index (χ3n) is 5.87. The summed E-state index contributed by atoms with van der Waals surface area (Å²) in [6.07, 6.45) is 9.61. The van der Waals surface area contributed by atoms with Crippen molar-refractivity contribution in [3.05, 3.63) is 107 Å². The first-order valence-corrected chi connectivity index (χ1v) is 10.0. The zero-order valence-electron chi connectivity index (χ0n) is 16.1. The maximum Gasteiger partial charge on any atom is 0.193 e. The molecule has 146 valence electrons. The van der Waals surface area contributed by atoms with Crippen LogP contribution in [0.3, 0.4) is 0 Å². The average molecular weight is 387 g/mol. The Morgan fingerprint density at radius 2 is 1.90 bits per heavy atom. The lowest BCUT2D eigenvalue weighted by atomic mass is 9.89. The molecule has 2 aromatic rings.